The Kier molecular flexibility index (Phi) is 7.54. The van der Waals surface area contributed by atoms with Gasteiger partial charge in [0.25, 0.3) is 0 Å². The lowest BCUT2D eigenvalue weighted by atomic mass is 10.0. The third-order valence-electron chi connectivity index (χ3n) is 4.43. The van der Waals surface area contributed by atoms with E-state index in [-0.39, 0.29) is 18.0 Å². The fourth-order valence-electron chi connectivity index (χ4n) is 2.95. The van der Waals surface area contributed by atoms with Gasteiger partial charge >= 0.3 is 12.0 Å². The summed E-state index contributed by atoms with van der Waals surface area (Å²) in [5.74, 6) is 0.349. The van der Waals surface area contributed by atoms with Crippen molar-refractivity contribution in [2.75, 3.05) is 6.54 Å². The molecule has 0 aliphatic heterocycles. The number of aliphatic carboxylic acids is 1. The molecule has 122 valence electrons. The third kappa shape index (κ3) is 7.34. The first-order valence-electron chi connectivity index (χ1n) is 8.15. The molecule has 1 saturated carbocycles. The topological polar surface area (TPSA) is 78.4 Å². The molecule has 0 aromatic carbocycles. The summed E-state index contributed by atoms with van der Waals surface area (Å²) < 4.78 is 0. The Hall–Kier alpha value is -1.26. The fourth-order valence-corrected chi connectivity index (χ4v) is 2.95. The van der Waals surface area contributed by atoms with Crippen molar-refractivity contribution in [1.82, 2.24) is 10.6 Å². The Morgan fingerprint density at radius 2 is 1.95 bits per heavy atom. The lowest BCUT2D eigenvalue weighted by Crippen LogP contribution is -2.42. The van der Waals surface area contributed by atoms with Crippen LogP contribution in [-0.4, -0.2) is 29.7 Å². The molecule has 0 heterocycles. The summed E-state index contributed by atoms with van der Waals surface area (Å²) in [6.45, 7) is 6.71. The van der Waals surface area contributed by atoms with Gasteiger partial charge in [-0.25, -0.2) is 4.79 Å². The maximum absolute atomic E-state index is 11.8. The maximum Gasteiger partial charge on any atom is 0.315 e. The van der Waals surface area contributed by atoms with Gasteiger partial charge in [0.15, 0.2) is 0 Å². The minimum absolute atomic E-state index is 0.0773. The van der Waals surface area contributed by atoms with E-state index in [1.54, 1.807) is 6.92 Å². The van der Waals surface area contributed by atoms with E-state index >= 15 is 0 Å². The zero-order chi connectivity index (χ0) is 15.8. The second kappa shape index (κ2) is 8.90. The number of carboxylic acids is 1. The molecule has 1 rings (SSSR count). The van der Waals surface area contributed by atoms with Crippen LogP contribution in [0.15, 0.2) is 0 Å². The van der Waals surface area contributed by atoms with Gasteiger partial charge in [-0.05, 0) is 44.4 Å². The predicted octanol–water partition coefficient (Wildman–Crippen LogP) is 3.00. The van der Waals surface area contributed by atoms with Gasteiger partial charge in [-0.3, -0.25) is 4.79 Å². The molecule has 0 radical (unpaired) electrons. The van der Waals surface area contributed by atoms with Gasteiger partial charge in [-0.1, -0.05) is 26.7 Å². The highest BCUT2D eigenvalue weighted by Gasteiger charge is 2.21. The Morgan fingerprint density at radius 1 is 1.24 bits per heavy atom. The van der Waals surface area contributed by atoms with E-state index in [1.807, 2.05) is 6.92 Å². The standard InChI is InChI=1S/C16H30N2O3/c1-11-7-8-14(9-11)10-17-16(21)18-13(3)6-4-5-12(2)15(19)20/h11-14H,4-10H2,1-3H3,(H,19,20)(H2,17,18,21). The molecule has 0 aromatic heterocycles. The second-order valence-corrected chi connectivity index (χ2v) is 6.71. The van der Waals surface area contributed by atoms with Crippen LogP contribution in [0.5, 0.6) is 0 Å². The zero-order valence-electron chi connectivity index (χ0n) is 13.5. The molecule has 4 unspecified atom stereocenters. The van der Waals surface area contributed by atoms with E-state index in [2.05, 4.69) is 17.6 Å². The molecule has 1 aliphatic rings. The van der Waals surface area contributed by atoms with Gasteiger partial charge < -0.3 is 15.7 Å². The predicted molar refractivity (Wildman–Crippen MR) is 83.2 cm³/mol. The zero-order valence-corrected chi connectivity index (χ0v) is 13.5. The van der Waals surface area contributed by atoms with Gasteiger partial charge in [-0.15, -0.1) is 0 Å². The molecule has 2 amide bonds. The van der Waals surface area contributed by atoms with Crippen molar-refractivity contribution in [3.8, 4) is 0 Å². The van der Waals surface area contributed by atoms with Crippen LogP contribution in [0.2, 0.25) is 0 Å². The van der Waals surface area contributed by atoms with Crippen LogP contribution >= 0.6 is 0 Å². The number of hydrogen-bond donors (Lipinski definition) is 3. The van der Waals surface area contributed by atoms with E-state index in [1.165, 1.54) is 19.3 Å². The highest BCUT2D eigenvalue weighted by atomic mass is 16.4. The highest BCUT2D eigenvalue weighted by Crippen LogP contribution is 2.29. The van der Waals surface area contributed by atoms with Crippen LogP contribution in [0.4, 0.5) is 4.79 Å². The summed E-state index contributed by atoms with van der Waals surface area (Å²) in [7, 11) is 0. The van der Waals surface area contributed by atoms with Crippen molar-refractivity contribution in [1.29, 1.82) is 0 Å². The molecule has 1 aliphatic carbocycles. The van der Waals surface area contributed by atoms with E-state index in [4.69, 9.17) is 5.11 Å². The van der Waals surface area contributed by atoms with Crippen LogP contribution in [0, 0.1) is 17.8 Å². The Morgan fingerprint density at radius 3 is 2.52 bits per heavy atom. The van der Waals surface area contributed by atoms with Gasteiger partial charge in [-0.2, -0.15) is 0 Å². The Bertz CT molecular complexity index is 346. The molecule has 3 N–H and O–H groups in total. The number of urea groups is 1. The SMILES string of the molecule is CC1CCC(CNC(=O)NC(C)CCCC(C)C(=O)O)C1. The van der Waals surface area contributed by atoms with Crippen LogP contribution < -0.4 is 10.6 Å². The third-order valence-corrected chi connectivity index (χ3v) is 4.43. The quantitative estimate of drug-likeness (QED) is 0.644. The van der Waals surface area contributed by atoms with Crippen molar-refractivity contribution in [2.24, 2.45) is 17.8 Å². The van der Waals surface area contributed by atoms with E-state index in [0.29, 0.717) is 12.3 Å². The van der Waals surface area contributed by atoms with E-state index < -0.39 is 5.97 Å². The lowest BCUT2D eigenvalue weighted by molar-refractivity contribution is -0.141. The summed E-state index contributed by atoms with van der Waals surface area (Å²) in [6, 6.07) is -0.0261. The fraction of sp³-hybridized carbons (Fsp3) is 0.875. The molecule has 1 fully saturated rings. The highest BCUT2D eigenvalue weighted by molar-refractivity contribution is 5.74. The first kappa shape index (κ1) is 17.8. The number of amides is 2. The molecule has 0 spiro atoms. The summed E-state index contributed by atoms with van der Waals surface area (Å²) in [6.07, 6.45) is 5.97. The van der Waals surface area contributed by atoms with Crippen molar-refractivity contribution in [3.63, 3.8) is 0 Å². The molecule has 5 heteroatoms. The lowest BCUT2D eigenvalue weighted by Gasteiger charge is -2.17. The number of carboxylic acid groups (broad SMARTS) is 1. The minimum Gasteiger partial charge on any atom is -0.481 e. The largest absolute Gasteiger partial charge is 0.481 e. The number of carbonyl (C=O) groups excluding carboxylic acids is 1. The molecular formula is C16H30N2O3. The average Bonchev–Trinajstić information content (AvgIpc) is 2.82. The van der Waals surface area contributed by atoms with Crippen LogP contribution in [0.3, 0.4) is 0 Å². The van der Waals surface area contributed by atoms with Gasteiger partial charge in [0.2, 0.25) is 0 Å². The summed E-state index contributed by atoms with van der Waals surface area (Å²) in [5.41, 5.74) is 0. The first-order valence-corrected chi connectivity index (χ1v) is 8.15. The monoisotopic (exact) mass is 298 g/mol. The Balaban J connectivity index is 2.08. The van der Waals surface area contributed by atoms with Crippen LogP contribution in [-0.2, 0) is 4.79 Å². The summed E-state index contributed by atoms with van der Waals surface area (Å²) >= 11 is 0. The van der Waals surface area contributed by atoms with Gasteiger partial charge in [0, 0.05) is 12.6 Å². The van der Waals surface area contributed by atoms with E-state index in [9.17, 15) is 9.59 Å². The first-order chi connectivity index (χ1) is 9.88. The molecule has 5 nitrogen and oxygen atoms in total. The summed E-state index contributed by atoms with van der Waals surface area (Å²) in [4.78, 5) is 22.5. The van der Waals surface area contributed by atoms with Gasteiger partial charge in [0.1, 0.15) is 0 Å². The van der Waals surface area contributed by atoms with Crippen molar-refractivity contribution in [2.45, 2.75) is 65.3 Å². The van der Waals surface area contributed by atoms with Crippen molar-refractivity contribution >= 4 is 12.0 Å². The normalized spacial score (nSPS) is 24.3. The number of carbonyl (C=O) groups is 2. The molecule has 4 atom stereocenters. The Labute approximate surface area is 127 Å². The van der Waals surface area contributed by atoms with Crippen LogP contribution in [0.1, 0.15) is 59.3 Å². The number of nitrogens with one attached hydrogen (secondary N) is 2. The van der Waals surface area contributed by atoms with Crippen molar-refractivity contribution < 1.29 is 14.7 Å². The maximum atomic E-state index is 11.8. The van der Waals surface area contributed by atoms with Gasteiger partial charge in [0.05, 0.1) is 5.92 Å². The molecule has 21 heavy (non-hydrogen) atoms. The smallest absolute Gasteiger partial charge is 0.315 e. The average molecular weight is 298 g/mol. The minimum atomic E-state index is -0.751. The van der Waals surface area contributed by atoms with Crippen molar-refractivity contribution in [3.05, 3.63) is 0 Å². The number of rotatable bonds is 8. The number of hydrogen-bond acceptors (Lipinski definition) is 2. The van der Waals surface area contributed by atoms with Crippen LogP contribution in [0.25, 0.3) is 0 Å². The molecular weight excluding hydrogens is 268 g/mol. The molecule has 0 saturated heterocycles. The summed E-state index contributed by atoms with van der Waals surface area (Å²) in [5, 5.41) is 14.7. The molecule has 0 aromatic rings. The molecule has 0 bridgehead atoms. The van der Waals surface area contributed by atoms with E-state index in [0.717, 1.165) is 25.3 Å². The second-order valence-electron chi connectivity index (χ2n) is 6.71.